The van der Waals surface area contributed by atoms with E-state index in [-0.39, 0.29) is 0 Å². The van der Waals surface area contributed by atoms with Gasteiger partial charge in [0, 0.05) is 42.8 Å². The second-order valence-electron chi connectivity index (χ2n) is 6.27. The molecule has 1 aromatic carbocycles. The topological polar surface area (TPSA) is 46.6 Å². The molecule has 0 amide bonds. The molecule has 6 heteroatoms. The van der Waals surface area contributed by atoms with Crippen LogP contribution >= 0.6 is 11.3 Å². The molecule has 1 fully saturated rings. The smallest absolute Gasteiger partial charge is 0.231 e. The third-order valence-corrected chi connectivity index (χ3v) is 5.62. The van der Waals surface area contributed by atoms with Crippen LogP contribution in [-0.2, 0) is 13.0 Å². The number of hydrogen-bond donors (Lipinski definition) is 1. The Morgan fingerprint density at radius 2 is 2.08 bits per heavy atom. The molecule has 1 N–H and O–H groups in total. The molecule has 0 aliphatic carbocycles. The normalized spacial score (nSPS) is 17.5. The molecular formula is C18H23N3O2S. The molecule has 3 heterocycles. The number of ether oxygens (including phenoxy) is 2. The number of thiazole rings is 1. The number of piperidine rings is 1. The van der Waals surface area contributed by atoms with Crippen LogP contribution in [-0.4, -0.2) is 30.9 Å². The predicted octanol–water partition coefficient (Wildman–Crippen LogP) is 3.19. The first-order valence-corrected chi connectivity index (χ1v) is 9.51. The molecule has 1 aromatic heterocycles. The van der Waals surface area contributed by atoms with Crippen LogP contribution in [0.3, 0.4) is 0 Å². The minimum atomic E-state index is 0.335. The number of anilines is 1. The molecule has 24 heavy (non-hydrogen) atoms. The van der Waals surface area contributed by atoms with Crippen molar-refractivity contribution in [1.29, 1.82) is 0 Å². The summed E-state index contributed by atoms with van der Waals surface area (Å²) in [5.74, 6) is 1.72. The summed E-state index contributed by atoms with van der Waals surface area (Å²) in [7, 11) is 0. The summed E-state index contributed by atoms with van der Waals surface area (Å²) in [4.78, 5) is 7.06. The van der Waals surface area contributed by atoms with E-state index in [1.54, 1.807) is 11.3 Å². The molecule has 0 spiro atoms. The second-order valence-corrected chi connectivity index (χ2v) is 7.21. The van der Waals surface area contributed by atoms with Gasteiger partial charge in [0.05, 0.1) is 5.69 Å². The Morgan fingerprint density at radius 3 is 2.88 bits per heavy atom. The van der Waals surface area contributed by atoms with Crippen molar-refractivity contribution in [2.45, 2.75) is 38.8 Å². The van der Waals surface area contributed by atoms with Crippen LogP contribution in [0.5, 0.6) is 11.5 Å². The predicted molar refractivity (Wildman–Crippen MR) is 96.1 cm³/mol. The molecule has 2 aliphatic heterocycles. The highest BCUT2D eigenvalue weighted by atomic mass is 32.1. The van der Waals surface area contributed by atoms with E-state index in [2.05, 4.69) is 39.6 Å². The Balaban J connectivity index is 1.28. The van der Waals surface area contributed by atoms with E-state index < -0.39 is 0 Å². The Morgan fingerprint density at radius 1 is 1.25 bits per heavy atom. The van der Waals surface area contributed by atoms with Crippen molar-refractivity contribution in [1.82, 2.24) is 10.3 Å². The Bertz CT molecular complexity index is 695. The summed E-state index contributed by atoms with van der Waals surface area (Å²) in [6.45, 7) is 5.50. The summed E-state index contributed by atoms with van der Waals surface area (Å²) < 4.78 is 10.9. The third kappa shape index (κ3) is 3.35. The average molecular weight is 345 g/mol. The zero-order chi connectivity index (χ0) is 16.4. The van der Waals surface area contributed by atoms with Gasteiger partial charge in [0.15, 0.2) is 11.5 Å². The fraction of sp³-hybridized carbons (Fsp3) is 0.500. The standard InChI is InChI=1S/C18H23N3O2S/c1-2-13-11-24-18(20-13)10-19-14-5-7-21(8-6-14)15-3-4-16-17(9-15)23-12-22-16/h3-4,9,11,14,19H,2,5-8,10,12H2,1H3. The van der Waals surface area contributed by atoms with Crippen molar-refractivity contribution in [3.05, 3.63) is 34.3 Å². The Kier molecular flexibility index (Phi) is 4.58. The molecule has 4 rings (SSSR count). The fourth-order valence-corrected chi connectivity index (χ4v) is 4.08. The van der Waals surface area contributed by atoms with Gasteiger partial charge >= 0.3 is 0 Å². The van der Waals surface area contributed by atoms with Crippen molar-refractivity contribution in [2.75, 3.05) is 24.8 Å². The number of hydrogen-bond acceptors (Lipinski definition) is 6. The minimum absolute atomic E-state index is 0.335. The maximum atomic E-state index is 5.48. The van der Waals surface area contributed by atoms with Crippen LogP contribution in [0.4, 0.5) is 5.69 Å². The van der Waals surface area contributed by atoms with Crippen LogP contribution in [0.2, 0.25) is 0 Å². The van der Waals surface area contributed by atoms with Crippen molar-refractivity contribution < 1.29 is 9.47 Å². The number of aryl methyl sites for hydroxylation is 1. The van der Waals surface area contributed by atoms with E-state index in [0.29, 0.717) is 12.8 Å². The van der Waals surface area contributed by atoms with Gasteiger partial charge in [-0.2, -0.15) is 0 Å². The van der Waals surface area contributed by atoms with Gasteiger partial charge in [0.2, 0.25) is 6.79 Å². The summed E-state index contributed by atoms with van der Waals surface area (Å²) in [5.41, 5.74) is 2.43. The van der Waals surface area contributed by atoms with E-state index in [0.717, 1.165) is 50.4 Å². The number of nitrogens with zero attached hydrogens (tertiary/aromatic N) is 2. The lowest BCUT2D eigenvalue weighted by Crippen LogP contribution is -2.42. The van der Waals surface area contributed by atoms with Gasteiger partial charge in [0.1, 0.15) is 5.01 Å². The van der Waals surface area contributed by atoms with Crippen LogP contribution in [0.25, 0.3) is 0 Å². The fourth-order valence-electron chi connectivity index (χ4n) is 3.25. The minimum Gasteiger partial charge on any atom is -0.454 e. The van der Waals surface area contributed by atoms with Crippen LogP contribution < -0.4 is 19.7 Å². The van der Waals surface area contributed by atoms with Crippen molar-refractivity contribution >= 4 is 17.0 Å². The largest absolute Gasteiger partial charge is 0.454 e. The molecular weight excluding hydrogens is 322 g/mol. The molecule has 2 aliphatic rings. The van der Waals surface area contributed by atoms with E-state index >= 15 is 0 Å². The number of fused-ring (bicyclic) bond motifs is 1. The highest BCUT2D eigenvalue weighted by Gasteiger charge is 2.21. The maximum absolute atomic E-state index is 5.48. The van der Waals surface area contributed by atoms with E-state index in [9.17, 15) is 0 Å². The summed E-state index contributed by atoms with van der Waals surface area (Å²) >= 11 is 1.76. The molecule has 1 saturated heterocycles. The zero-order valence-corrected chi connectivity index (χ0v) is 14.8. The Hall–Kier alpha value is -1.79. The Labute approximate surface area is 146 Å². The third-order valence-electron chi connectivity index (χ3n) is 4.72. The van der Waals surface area contributed by atoms with Gasteiger partial charge in [-0.05, 0) is 31.4 Å². The molecule has 2 aromatic rings. The molecule has 0 unspecified atom stereocenters. The lowest BCUT2D eigenvalue weighted by Gasteiger charge is -2.34. The lowest BCUT2D eigenvalue weighted by molar-refractivity contribution is 0.174. The van der Waals surface area contributed by atoms with Crippen molar-refractivity contribution in [3.8, 4) is 11.5 Å². The average Bonchev–Trinajstić information content (AvgIpc) is 3.28. The first kappa shape index (κ1) is 15.7. The number of benzene rings is 1. The lowest BCUT2D eigenvalue weighted by atomic mass is 10.0. The quantitative estimate of drug-likeness (QED) is 0.902. The van der Waals surface area contributed by atoms with Gasteiger partial charge in [-0.15, -0.1) is 11.3 Å². The summed E-state index contributed by atoms with van der Waals surface area (Å²) in [6, 6.07) is 6.81. The number of nitrogens with one attached hydrogen (secondary N) is 1. The van der Waals surface area contributed by atoms with Gasteiger partial charge in [-0.3, -0.25) is 0 Å². The molecule has 0 saturated carbocycles. The highest BCUT2D eigenvalue weighted by Crippen LogP contribution is 2.36. The van der Waals surface area contributed by atoms with Gasteiger partial charge in [0.25, 0.3) is 0 Å². The molecule has 5 nitrogen and oxygen atoms in total. The molecule has 0 atom stereocenters. The zero-order valence-electron chi connectivity index (χ0n) is 14.0. The van der Waals surface area contributed by atoms with Gasteiger partial charge in [-0.25, -0.2) is 4.98 Å². The van der Waals surface area contributed by atoms with E-state index in [1.165, 1.54) is 16.4 Å². The second kappa shape index (κ2) is 6.99. The van der Waals surface area contributed by atoms with E-state index in [1.807, 2.05) is 6.07 Å². The number of aromatic nitrogens is 1. The summed E-state index contributed by atoms with van der Waals surface area (Å²) in [6.07, 6.45) is 3.32. The van der Waals surface area contributed by atoms with Crippen LogP contribution in [0.1, 0.15) is 30.5 Å². The van der Waals surface area contributed by atoms with Gasteiger partial charge < -0.3 is 19.7 Å². The SMILES string of the molecule is CCc1csc(CNC2CCN(c3ccc4c(c3)OCO4)CC2)n1. The van der Waals surface area contributed by atoms with Crippen LogP contribution in [0, 0.1) is 0 Å². The van der Waals surface area contributed by atoms with Crippen LogP contribution in [0.15, 0.2) is 23.6 Å². The van der Waals surface area contributed by atoms with Gasteiger partial charge in [-0.1, -0.05) is 6.92 Å². The summed E-state index contributed by atoms with van der Waals surface area (Å²) in [5, 5.41) is 7.03. The first-order chi connectivity index (χ1) is 11.8. The maximum Gasteiger partial charge on any atom is 0.231 e. The van der Waals surface area contributed by atoms with E-state index in [4.69, 9.17) is 9.47 Å². The van der Waals surface area contributed by atoms with Crippen molar-refractivity contribution in [3.63, 3.8) is 0 Å². The first-order valence-electron chi connectivity index (χ1n) is 8.63. The highest BCUT2D eigenvalue weighted by molar-refractivity contribution is 7.09. The monoisotopic (exact) mass is 345 g/mol. The van der Waals surface area contributed by atoms with Crippen molar-refractivity contribution in [2.24, 2.45) is 0 Å². The molecule has 128 valence electrons. The molecule has 0 radical (unpaired) electrons. The number of rotatable bonds is 5. The molecule has 0 bridgehead atoms.